The Morgan fingerprint density at radius 3 is 2.62 bits per heavy atom. The number of carbonyl (C=O) groups is 2. The van der Waals surface area contributed by atoms with Crippen LogP contribution in [0, 0.1) is 11.7 Å². The summed E-state index contributed by atoms with van der Waals surface area (Å²) in [6.45, 7) is 2.13. The average Bonchev–Trinajstić information content (AvgIpc) is 2.46. The Labute approximate surface area is 122 Å². The highest BCUT2D eigenvalue weighted by molar-refractivity contribution is 5.78. The fourth-order valence-corrected chi connectivity index (χ4v) is 2.53. The molecule has 1 aromatic rings. The minimum Gasteiger partial charge on any atom is -0.484 e. The molecule has 1 aliphatic heterocycles. The number of halogens is 1. The van der Waals surface area contributed by atoms with Gasteiger partial charge in [0.15, 0.2) is 6.61 Å². The number of piperidine rings is 1. The number of ether oxygens (including phenoxy) is 1. The summed E-state index contributed by atoms with van der Waals surface area (Å²) in [6, 6.07) is 5.33. The fraction of sp³-hybridized carbons (Fsp3) is 0.467. The zero-order valence-corrected chi connectivity index (χ0v) is 11.8. The summed E-state index contributed by atoms with van der Waals surface area (Å²) in [5.74, 6) is -1.31. The maximum atomic E-state index is 12.8. The maximum Gasteiger partial charge on any atom is 0.306 e. The molecule has 0 saturated carbocycles. The van der Waals surface area contributed by atoms with Gasteiger partial charge in [0.05, 0.1) is 5.92 Å². The van der Waals surface area contributed by atoms with Gasteiger partial charge in [0.2, 0.25) is 0 Å². The van der Waals surface area contributed by atoms with Gasteiger partial charge in [-0.15, -0.1) is 0 Å². The highest BCUT2D eigenvalue weighted by Gasteiger charge is 2.32. The summed E-state index contributed by atoms with van der Waals surface area (Å²) in [7, 11) is 0. The van der Waals surface area contributed by atoms with Crippen LogP contribution in [0.2, 0.25) is 0 Å². The van der Waals surface area contributed by atoms with Crippen LogP contribution in [0.1, 0.15) is 19.8 Å². The molecule has 0 aliphatic carbocycles. The molecular weight excluding hydrogens is 277 g/mol. The normalized spacial score (nSPS) is 21.9. The number of nitrogens with zero attached hydrogens (tertiary/aromatic N) is 1. The third-order valence-corrected chi connectivity index (χ3v) is 3.72. The Bertz CT molecular complexity index is 517. The molecule has 0 radical (unpaired) electrons. The van der Waals surface area contributed by atoms with Gasteiger partial charge in [0.25, 0.3) is 5.91 Å². The molecule has 5 nitrogen and oxygen atoms in total. The van der Waals surface area contributed by atoms with E-state index in [9.17, 15) is 14.0 Å². The molecule has 0 spiro atoms. The quantitative estimate of drug-likeness (QED) is 0.921. The number of hydrogen-bond donors (Lipinski definition) is 1. The monoisotopic (exact) mass is 295 g/mol. The molecule has 1 N–H and O–H groups in total. The second-order valence-corrected chi connectivity index (χ2v) is 5.24. The average molecular weight is 295 g/mol. The van der Waals surface area contributed by atoms with Crippen molar-refractivity contribution >= 4 is 11.9 Å². The molecule has 1 amide bonds. The molecule has 1 aromatic carbocycles. The van der Waals surface area contributed by atoms with Gasteiger partial charge in [-0.05, 0) is 44.0 Å². The number of amides is 1. The molecule has 21 heavy (non-hydrogen) atoms. The van der Waals surface area contributed by atoms with Gasteiger partial charge in [-0.2, -0.15) is 0 Å². The second kappa shape index (κ2) is 6.56. The van der Waals surface area contributed by atoms with Gasteiger partial charge >= 0.3 is 5.97 Å². The number of carbonyl (C=O) groups excluding carboxylic acids is 1. The molecule has 1 aliphatic rings. The fourth-order valence-electron chi connectivity index (χ4n) is 2.53. The molecule has 114 valence electrons. The number of aliphatic carboxylic acids is 1. The van der Waals surface area contributed by atoms with Gasteiger partial charge in [0, 0.05) is 12.6 Å². The van der Waals surface area contributed by atoms with E-state index in [0.29, 0.717) is 25.1 Å². The van der Waals surface area contributed by atoms with E-state index in [1.807, 2.05) is 6.92 Å². The van der Waals surface area contributed by atoms with E-state index in [2.05, 4.69) is 0 Å². The Morgan fingerprint density at radius 1 is 1.38 bits per heavy atom. The third-order valence-electron chi connectivity index (χ3n) is 3.72. The van der Waals surface area contributed by atoms with Crippen LogP contribution in [-0.2, 0) is 9.59 Å². The number of carboxylic acids is 1. The summed E-state index contributed by atoms with van der Waals surface area (Å²) < 4.78 is 18.1. The van der Waals surface area contributed by atoms with Crippen LogP contribution in [0.25, 0.3) is 0 Å². The van der Waals surface area contributed by atoms with E-state index in [1.54, 1.807) is 4.90 Å². The lowest BCUT2D eigenvalue weighted by atomic mass is 9.92. The molecule has 2 rings (SSSR count). The Morgan fingerprint density at radius 2 is 2.05 bits per heavy atom. The van der Waals surface area contributed by atoms with Crippen molar-refractivity contribution in [3.63, 3.8) is 0 Å². The van der Waals surface area contributed by atoms with Crippen molar-refractivity contribution in [3.05, 3.63) is 30.1 Å². The minimum absolute atomic E-state index is 0.121. The first-order valence-corrected chi connectivity index (χ1v) is 6.88. The Hall–Kier alpha value is -2.11. The molecular formula is C15H18FNO4. The van der Waals surface area contributed by atoms with E-state index in [-0.39, 0.29) is 30.3 Å². The molecule has 0 bridgehead atoms. The minimum atomic E-state index is -0.809. The molecule has 6 heteroatoms. The molecule has 0 aromatic heterocycles. The summed E-state index contributed by atoms with van der Waals surface area (Å²) in [5, 5.41) is 9.00. The summed E-state index contributed by atoms with van der Waals surface area (Å²) in [4.78, 5) is 24.7. The van der Waals surface area contributed by atoms with Crippen LogP contribution in [-0.4, -0.2) is 41.1 Å². The van der Waals surface area contributed by atoms with E-state index in [1.165, 1.54) is 24.3 Å². The Kier molecular flexibility index (Phi) is 4.77. The van der Waals surface area contributed by atoms with Crippen molar-refractivity contribution in [2.75, 3.05) is 13.2 Å². The predicted octanol–water partition coefficient (Wildman–Crippen LogP) is 1.92. The molecule has 2 atom stereocenters. The second-order valence-electron chi connectivity index (χ2n) is 5.24. The zero-order valence-electron chi connectivity index (χ0n) is 11.8. The van der Waals surface area contributed by atoms with Gasteiger partial charge in [-0.25, -0.2) is 4.39 Å². The summed E-state index contributed by atoms with van der Waals surface area (Å²) in [5.41, 5.74) is 0. The number of hydrogen-bond acceptors (Lipinski definition) is 3. The van der Waals surface area contributed by atoms with Gasteiger partial charge in [-0.1, -0.05) is 0 Å². The van der Waals surface area contributed by atoms with Crippen molar-refractivity contribution in [1.82, 2.24) is 4.90 Å². The highest BCUT2D eigenvalue weighted by Crippen LogP contribution is 2.23. The van der Waals surface area contributed by atoms with Crippen LogP contribution in [0.15, 0.2) is 24.3 Å². The molecule has 1 saturated heterocycles. The van der Waals surface area contributed by atoms with Crippen LogP contribution in [0.4, 0.5) is 4.39 Å². The number of carboxylic acid groups (broad SMARTS) is 1. The first-order valence-electron chi connectivity index (χ1n) is 6.88. The smallest absolute Gasteiger partial charge is 0.306 e. The standard InChI is InChI=1S/C15H18FNO4/c1-10-8-11(15(19)20)6-7-17(10)14(18)9-21-13-4-2-12(16)3-5-13/h2-5,10-11H,6-9H2,1H3,(H,19,20). The van der Waals surface area contributed by atoms with Crippen LogP contribution in [0.5, 0.6) is 5.75 Å². The lowest BCUT2D eigenvalue weighted by molar-refractivity contribution is -0.148. The number of likely N-dealkylation sites (tertiary alicyclic amines) is 1. The predicted molar refractivity (Wildman–Crippen MR) is 73.4 cm³/mol. The lowest BCUT2D eigenvalue weighted by Crippen LogP contribution is -2.47. The van der Waals surface area contributed by atoms with Crippen LogP contribution in [0.3, 0.4) is 0 Å². The molecule has 1 heterocycles. The van der Waals surface area contributed by atoms with Crippen LogP contribution >= 0.6 is 0 Å². The van der Waals surface area contributed by atoms with Crippen molar-refractivity contribution < 1.29 is 23.8 Å². The van der Waals surface area contributed by atoms with E-state index >= 15 is 0 Å². The number of benzene rings is 1. The highest BCUT2D eigenvalue weighted by atomic mass is 19.1. The summed E-state index contributed by atoms with van der Waals surface area (Å²) >= 11 is 0. The first-order chi connectivity index (χ1) is 9.97. The molecule has 1 fully saturated rings. The SMILES string of the molecule is CC1CC(C(=O)O)CCN1C(=O)COc1ccc(F)cc1. The van der Waals surface area contributed by atoms with Crippen molar-refractivity contribution in [2.45, 2.75) is 25.8 Å². The van der Waals surface area contributed by atoms with E-state index in [4.69, 9.17) is 9.84 Å². The molecule has 2 unspecified atom stereocenters. The largest absolute Gasteiger partial charge is 0.484 e. The number of rotatable bonds is 4. The van der Waals surface area contributed by atoms with Gasteiger partial charge < -0.3 is 14.7 Å². The van der Waals surface area contributed by atoms with Gasteiger partial charge in [-0.3, -0.25) is 9.59 Å². The maximum absolute atomic E-state index is 12.8. The lowest BCUT2D eigenvalue weighted by Gasteiger charge is -2.36. The first kappa shape index (κ1) is 15.3. The van der Waals surface area contributed by atoms with Crippen molar-refractivity contribution in [3.8, 4) is 5.75 Å². The summed E-state index contributed by atoms with van der Waals surface area (Å²) in [6.07, 6.45) is 0.916. The van der Waals surface area contributed by atoms with Crippen molar-refractivity contribution in [2.24, 2.45) is 5.92 Å². The zero-order chi connectivity index (χ0) is 15.4. The van der Waals surface area contributed by atoms with Crippen molar-refractivity contribution in [1.29, 1.82) is 0 Å². The third kappa shape index (κ3) is 3.93. The van der Waals surface area contributed by atoms with E-state index in [0.717, 1.165) is 0 Å². The topological polar surface area (TPSA) is 66.8 Å². The van der Waals surface area contributed by atoms with Gasteiger partial charge in [0.1, 0.15) is 11.6 Å². The van der Waals surface area contributed by atoms with E-state index < -0.39 is 5.97 Å². The Balaban J connectivity index is 1.86. The van der Waals surface area contributed by atoms with Crippen LogP contribution < -0.4 is 4.74 Å².